The molecule has 0 spiro atoms. The number of hydrogen-bond donors (Lipinski definition) is 1. The van der Waals surface area contributed by atoms with Crippen LogP contribution in [0.1, 0.15) is 129 Å². The maximum atomic E-state index is 12.3. The van der Waals surface area contributed by atoms with Crippen molar-refractivity contribution in [3.63, 3.8) is 0 Å². The van der Waals surface area contributed by atoms with Gasteiger partial charge in [-0.05, 0) is 19.3 Å². The summed E-state index contributed by atoms with van der Waals surface area (Å²) < 4.78 is 29.3. The zero-order chi connectivity index (χ0) is 28.5. The van der Waals surface area contributed by atoms with Crippen LogP contribution in [0.3, 0.4) is 0 Å². The summed E-state index contributed by atoms with van der Waals surface area (Å²) in [5.74, 6) is -0.444. The second kappa shape index (κ2) is 24.3. The van der Waals surface area contributed by atoms with Crippen molar-refractivity contribution in [3.8, 4) is 0 Å². The van der Waals surface area contributed by atoms with Crippen molar-refractivity contribution in [2.45, 2.75) is 136 Å². The molecule has 0 aromatic carbocycles. The van der Waals surface area contributed by atoms with Gasteiger partial charge in [-0.1, -0.05) is 103 Å². The highest BCUT2D eigenvalue weighted by Gasteiger charge is 2.23. The van der Waals surface area contributed by atoms with Gasteiger partial charge in [-0.25, -0.2) is 0 Å². The van der Waals surface area contributed by atoms with Crippen molar-refractivity contribution in [1.29, 1.82) is 0 Å². The largest absolute Gasteiger partial charge is 0.458 e. The quantitative estimate of drug-likeness (QED) is 0.0450. The first kappa shape index (κ1) is 37.5. The van der Waals surface area contributed by atoms with Crippen LogP contribution in [0, 0.1) is 0 Å². The van der Waals surface area contributed by atoms with E-state index in [0.717, 1.165) is 30.3 Å². The van der Waals surface area contributed by atoms with E-state index in [1.54, 1.807) is 0 Å². The Morgan fingerprint density at radius 3 is 1.66 bits per heavy atom. The average molecular weight is 565 g/mol. The molecule has 38 heavy (non-hydrogen) atoms. The number of ether oxygens (including phenoxy) is 2. The number of rotatable bonds is 28. The van der Waals surface area contributed by atoms with E-state index in [2.05, 4.69) is 28.1 Å². The van der Waals surface area contributed by atoms with Gasteiger partial charge in [0.25, 0.3) is 0 Å². The molecule has 0 aromatic heterocycles. The molecule has 228 valence electrons. The zero-order valence-electron chi connectivity index (χ0n) is 25.7. The van der Waals surface area contributed by atoms with Gasteiger partial charge in [0.1, 0.15) is 6.10 Å². The van der Waals surface area contributed by atoms with Crippen LogP contribution in [0.4, 0.5) is 0 Å². The molecular formula is C30H63NO6P+. The van der Waals surface area contributed by atoms with Crippen LogP contribution in [0.25, 0.3) is 0 Å². The minimum Gasteiger partial charge on any atom is -0.458 e. The highest BCUT2D eigenvalue weighted by molar-refractivity contribution is 7.52. The van der Waals surface area contributed by atoms with Gasteiger partial charge in [0.2, 0.25) is 0 Å². The van der Waals surface area contributed by atoms with E-state index in [4.69, 9.17) is 14.0 Å². The lowest BCUT2D eigenvalue weighted by atomic mass is 10.0. The van der Waals surface area contributed by atoms with Gasteiger partial charge in [0.15, 0.2) is 0 Å². The fourth-order valence-corrected chi connectivity index (χ4v) is 5.63. The second-order valence-electron chi connectivity index (χ2n) is 12.0. The van der Waals surface area contributed by atoms with Gasteiger partial charge in [0, 0.05) is 13.5 Å². The normalized spacial score (nSPS) is 14.4. The monoisotopic (exact) mass is 564 g/mol. The Morgan fingerprint density at radius 2 is 1.21 bits per heavy atom. The molecule has 0 bridgehead atoms. The van der Waals surface area contributed by atoms with Crippen LogP contribution < -0.4 is 0 Å². The number of unbranched alkanes of at least 4 members (excludes halogenated alkanes) is 16. The summed E-state index contributed by atoms with van der Waals surface area (Å²) >= 11 is 0. The smallest absolute Gasteiger partial charge is 0.328 e. The van der Waals surface area contributed by atoms with Crippen LogP contribution in [0.15, 0.2) is 0 Å². The first-order valence-corrected chi connectivity index (χ1v) is 17.3. The molecule has 0 aliphatic carbocycles. The van der Waals surface area contributed by atoms with E-state index in [9.17, 15) is 14.3 Å². The molecule has 0 heterocycles. The fourth-order valence-electron chi connectivity index (χ4n) is 4.48. The first-order chi connectivity index (χ1) is 18.1. The lowest BCUT2D eigenvalue weighted by Gasteiger charge is -2.24. The Hall–Kier alpha value is -0.460. The number of carbonyl (C=O) groups is 1. The van der Waals surface area contributed by atoms with Crippen molar-refractivity contribution >= 4 is 13.6 Å². The predicted octanol–water partition coefficient (Wildman–Crippen LogP) is 7.88. The standard InChI is InChI=1S/C30H62NO6P/c1-6-7-8-9-10-11-12-13-14-15-16-17-18-19-20-22-25-35-27-30(37-29(2)32)28-36-38(33,34)26-23-21-24-31(3,4)5/h30H,6-28H2,1-5H3/p+1. The van der Waals surface area contributed by atoms with E-state index >= 15 is 0 Å². The van der Waals surface area contributed by atoms with Crippen LogP contribution in [0.5, 0.6) is 0 Å². The minimum absolute atomic E-state index is 0.111. The van der Waals surface area contributed by atoms with Crippen molar-refractivity contribution in [2.24, 2.45) is 0 Å². The highest BCUT2D eigenvalue weighted by atomic mass is 31.2. The lowest BCUT2D eigenvalue weighted by Crippen LogP contribution is -2.35. The van der Waals surface area contributed by atoms with Crippen molar-refractivity contribution in [3.05, 3.63) is 0 Å². The van der Waals surface area contributed by atoms with E-state index in [1.165, 1.54) is 96.8 Å². The Morgan fingerprint density at radius 1 is 0.737 bits per heavy atom. The Labute approximate surface area is 235 Å². The van der Waals surface area contributed by atoms with E-state index in [1.807, 2.05) is 0 Å². The van der Waals surface area contributed by atoms with Crippen LogP contribution in [-0.4, -0.2) is 75.1 Å². The maximum Gasteiger partial charge on any atom is 0.328 e. The van der Waals surface area contributed by atoms with Gasteiger partial charge in [-0.3, -0.25) is 9.36 Å². The van der Waals surface area contributed by atoms with Gasteiger partial charge >= 0.3 is 13.6 Å². The number of carbonyl (C=O) groups excluding carboxylic acids is 1. The van der Waals surface area contributed by atoms with Gasteiger partial charge in [0.05, 0.1) is 47.1 Å². The summed E-state index contributed by atoms with van der Waals surface area (Å²) in [4.78, 5) is 21.5. The molecule has 0 saturated carbocycles. The molecule has 2 unspecified atom stereocenters. The number of quaternary nitrogens is 1. The van der Waals surface area contributed by atoms with Crippen LogP contribution in [-0.2, 0) is 23.4 Å². The topological polar surface area (TPSA) is 82.1 Å². The van der Waals surface area contributed by atoms with Gasteiger partial charge in [-0.2, -0.15) is 0 Å². The summed E-state index contributed by atoms with van der Waals surface area (Å²) in [5.41, 5.74) is 0. The second-order valence-corrected chi connectivity index (χ2v) is 14.0. The summed E-state index contributed by atoms with van der Waals surface area (Å²) in [6, 6.07) is 0. The van der Waals surface area contributed by atoms with E-state index < -0.39 is 19.7 Å². The third kappa shape index (κ3) is 28.5. The molecule has 0 saturated heterocycles. The maximum absolute atomic E-state index is 12.3. The van der Waals surface area contributed by atoms with Crippen molar-refractivity contribution in [2.75, 3.05) is 53.7 Å². The lowest BCUT2D eigenvalue weighted by molar-refractivity contribution is -0.870. The Kier molecular flexibility index (Phi) is 24.1. The Bertz CT molecular complexity index is 596. The Balaban J connectivity index is 3.72. The fraction of sp³-hybridized carbons (Fsp3) is 0.967. The highest BCUT2D eigenvalue weighted by Crippen LogP contribution is 2.43. The molecule has 0 aromatic rings. The van der Waals surface area contributed by atoms with Gasteiger partial charge in [-0.15, -0.1) is 0 Å². The molecule has 0 radical (unpaired) electrons. The molecule has 2 atom stereocenters. The van der Waals surface area contributed by atoms with Gasteiger partial charge < -0.3 is 23.4 Å². The predicted molar refractivity (Wildman–Crippen MR) is 159 cm³/mol. The summed E-state index contributed by atoms with van der Waals surface area (Å²) in [7, 11) is 2.58. The van der Waals surface area contributed by atoms with Crippen molar-refractivity contribution < 1.29 is 32.7 Å². The number of hydrogen-bond acceptors (Lipinski definition) is 5. The molecule has 0 amide bonds. The molecule has 8 heteroatoms. The molecule has 0 aliphatic heterocycles. The molecule has 7 nitrogen and oxygen atoms in total. The molecule has 1 N–H and O–H groups in total. The number of esters is 1. The average Bonchev–Trinajstić information content (AvgIpc) is 2.83. The zero-order valence-corrected chi connectivity index (χ0v) is 26.6. The molecule has 0 fully saturated rings. The molecular weight excluding hydrogens is 501 g/mol. The van der Waals surface area contributed by atoms with Crippen LogP contribution >= 0.6 is 7.60 Å². The molecule has 0 rings (SSSR count). The summed E-state index contributed by atoms with van der Waals surface area (Å²) in [5, 5.41) is 0. The summed E-state index contributed by atoms with van der Waals surface area (Å²) in [6.07, 6.45) is 22.2. The van der Waals surface area contributed by atoms with E-state index in [0.29, 0.717) is 13.0 Å². The SMILES string of the molecule is CCCCCCCCCCCCCCCCCCOCC(COP(=O)(O)CCCC[N+](C)(C)C)OC(C)=O. The van der Waals surface area contributed by atoms with E-state index in [-0.39, 0.29) is 19.4 Å². The molecule has 0 aliphatic rings. The third-order valence-corrected chi connectivity index (χ3v) is 8.19. The van der Waals surface area contributed by atoms with Crippen molar-refractivity contribution in [1.82, 2.24) is 0 Å². The summed E-state index contributed by atoms with van der Waals surface area (Å²) in [6.45, 7) is 5.18. The number of nitrogens with zero attached hydrogens (tertiary/aromatic N) is 1. The first-order valence-electron chi connectivity index (χ1n) is 15.6. The minimum atomic E-state index is -3.70. The van der Waals surface area contributed by atoms with Crippen LogP contribution in [0.2, 0.25) is 0 Å². The third-order valence-electron chi connectivity index (χ3n) is 6.76.